The summed E-state index contributed by atoms with van der Waals surface area (Å²) in [4.78, 5) is 24.7. The van der Waals surface area contributed by atoms with Crippen molar-refractivity contribution >= 4 is 11.6 Å². The zero-order valence-corrected chi connectivity index (χ0v) is 16.2. The number of aryl methyl sites for hydroxylation is 1. The predicted octanol–water partition coefficient (Wildman–Crippen LogP) is 3.88. The van der Waals surface area contributed by atoms with Crippen molar-refractivity contribution < 1.29 is 22.7 Å². The van der Waals surface area contributed by atoms with Crippen molar-refractivity contribution in [2.75, 3.05) is 12.4 Å². The molecule has 0 unspecified atom stereocenters. The number of benzene rings is 2. The van der Waals surface area contributed by atoms with Crippen LogP contribution in [0.2, 0.25) is 0 Å². The molecule has 3 aromatic rings. The van der Waals surface area contributed by atoms with Gasteiger partial charge in [0.15, 0.2) is 0 Å². The van der Waals surface area contributed by atoms with Crippen LogP contribution in [0.15, 0.2) is 59.4 Å². The Hall–Kier alpha value is -3.62. The number of ether oxygens (including phenoxy) is 1. The Bertz CT molecular complexity index is 1120. The van der Waals surface area contributed by atoms with E-state index in [1.54, 1.807) is 0 Å². The van der Waals surface area contributed by atoms with Crippen molar-refractivity contribution in [3.05, 3.63) is 87.3 Å². The molecule has 0 aliphatic rings. The molecule has 0 aliphatic carbocycles. The van der Waals surface area contributed by atoms with Crippen LogP contribution in [0.25, 0.3) is 0 Å². The van der Waals surface area contributed by atoms with E-state index in [9.17, 15) is 22.8 Å². The topological polar surface area (TPSA) is 73.2 Å². The van der Waals surface area contributed by atoms with Crippen LogP contribution in [0.1, 0.15) is 27.2 Å². The lowest BCUT2D eigenvalue weighted by Crippen LogP contribution is -2.26. The van der Waals surface area contributed by atoms with Crippen molar-refractivity contribution in [2.24, 2.45) is 0 Å². The van der Waals surface area contributed by atoms with Crippen molar-refractivity contribution in [2.45, 2.75) is 19.6 Å². The van der Waals surface area contributed by atoms with E-state index in [1.165, 1.54) is 19.2 Å². The number of hydrogen-bond donors (Lipinski definition) is 1. The zero-order valence-electron chi connectivity index (χ0n) is 16.2. The molecule has 1 aromatic heterocycles. The monoisotopic (exact) mass is 417 g/mol. The molecule has 1 N–H and O–H groups in total. The molecular formula is C21H18F3N3O3. The Kier molecular flexibility index (Phi) is 5.91. The largest absolute Gasteiger partial charge is 0.495 e. The van der Waals surface area contributed by atoms with Crippen LogP contribution in [0, 0.1) is 6.92 Å². The average Bonchev–Trinajstić information content (AvgIpc) is 2.70. The molecule has 0 atom stereocenters. The summed E-state index contributed by atoms with van der Waals surface area (Å²) in [6.45, 7) is 2.08. The Morgan fingerprint density at radius 2 is 1.80 bits per heavy atom. The first-order valence-corrected chi connectivity index (χ1v) is 8.87. The predicted molar refractivity (Wildman–Crippen MR) is 105 cm³/mol. The summed E-state index contributed by atoms with van der Waals surface area (Å²) in [5, 5.41) is 6.41. The van der Waals surface area contributed by atoms with Gasteiger partial charge in [0, 0.05) is 6.07 Å². The first-order chi connectivity index (χ1) is 14.2. The molecule has 9 heteroatoms. The minimum Gasteiger partial charge on any atom is -0.495 e. The number of hydrogen-bond acceptors (Lipinski definition) is 4. The number of aromatic nitrogens is 2. The molecule has 6 nitrogen and oxygen atoms in total. The summed E-state index contributed by atoms with van der Waals surface area (Å²) in [7, 11) is 1.28. The van der Waals surface area contributed by atoms with E-state index in [0.717, 1.165) is 34.0 Å². The number of amides is 1. The standard InChI is InChI=1S/C21H18F3N3O3/c1-13-3-5-14(6-4-13)12-27-19(28)10-8-16(26-27)20(29)25-17-11-15(21(22,23)24)7-9-18(17)30-2/h3-11H,12H2,1-2H3,(H,25,29). The zero-order chi connectivity index (χ0) is 21.9. The highest BCUT2D eigenvalue weighted by Crippen LogP contribution is 2.35. The number of nitrogens with one attached hydrogen (secondary N) is 1. The molecule has 30 heavy (non-hydrogen) atoms. The molecule has 0 bridgehead atoms. The molecular weight excluding hydrogens is 399 g/mol. The van der Waals surface area contributed by atoms with Crippen LogP contribution in [0.3, 0.4) is 0 Å². The second-order valence-electron chi connectivity index (χ2n) is 6.57. The van der Waals surface area contributed by atoms with Crippen LogP contribution in [0.5, 0.6) is 5.75 Å². The smallest absolute Gasteiger partial charge is 0.416 e. The van der Waals surface area contributed by atoms with Gasteiger partial charge in [-0.25, -0.2) is 4.68 Å². The van der Waals surface area contributed by atoms with Gasteiger partial charge >= 0.3 is 6.18 Å². The second-order valence-corrected chi connectivity index (χ2v) is 6.57. The number of carbonyl (C=O) groups is 1. The van der Waals surface area contributed by atoms with E-state index >= 15 is 0 Å². The summed E-state index contributed by atoms with van der Waals surface area (Å²) in [5.41, 5.74) is 0.241. The molecule has 3 rings (SSSR count). The molecule has 0 aliphatic heterocycles. The van der Waals surface area contributed by atoms with E-state index in [-0.39, 0.29) is 23.7 Å². The van der Waals surface area contributed by atoms with E-state index in [2.05, 4.69) is 10.4 Å². The van der Waals surface area contributed by atoms with E-state index in [0.29, 0.717) is 0 Å². The Morgan fingerprint density at radius 1 is 1.10 bits per heavy atom. The summed E-state index contributed by atoms with van der Waals surface area (Å²) in [6.07, 6.45) is -4.58. The fraction of sp³-hybridized carbons (Fsp3) is 0.190. The third-order valence-electron chi connectivity index (χ3n) is 4.33. The van der Waals surface area contributed by atoms with Gasteiger partial charge in [-0.1, -0.05) is 29.8 Å². The summed E-state index contributed by atoms with van der Waals surface area (Å²) >= 11 is 0. The van der Waals surface area contributed by atoms with Gasteiger partial charge in [-0.15, -0.1) is 0 Å². The second kappa shape index (κ2) is 8.40. The van der Waals surface area contributed by atoms with Gasteiger partial charge in [0.1, 0.15) is 11.4 Å². The maximum atomic E-state index is 13.0. The quantitative estimate of drug-likeness (QED) is 0.684. The number of methoxy groups -OCH3 is 1. The molecule has 0 fully saturated rings. The van der Waals surface area contributed by atoms with E-state index in [1.807, 2.05) is 31.2 Å². The van der Waals surface area contributed by atoms with Crippen molar-refractivity contribution in [1.82, 2.24) is 9.78 Å². The normalized spacial score (nSPS) is 11.2. The van der Waals surface area contributed by atoms with Crippen LogP contribution in [-0.4, -0.2) is 22.8 Å². The van der Waals surface area contributed by atoms with Crippen LogP contribution in [0.4, 0.5) is 18.9 Å². The molecule has 156 valence electrons. The number of anilines is 1. The lowest BCUT2D eigenvalue weighted by atomic mass is 10.1. The third kappa shape index (κ3) is 4.86. The number of carbonyl (C=O) groups excluding carboxylic acids is 1. The average molecular weight is 417 g/mol. The van der Waals surface area contributed by atoms with Crippen molar-refractivity contribution in [1.29, 1.82) is 0 Å². The van der Waals surface area contributed by atoms with Gasteiger partial charge in [-0.05, 0) is 36.8 Å². The number of nitrogens with zero attached hydrogens (tertiary/aromatic N) is 2. The molecule has 1 heterocycles. The van der Waals surface area contributed by atoms with Gasteiger partial charge in [0.05, 0.1) is 24.9 Å². The maximum absolute atomic E-state index is 13.0. The third-order valence-corrected chi connectivity index (χ3v) is 4.33. The first-order valence-electron chi connectivity index (χ1n) is 8.87. The van der Waals surface area contributed by atoms with Gasteiger partial charge in [0.25, 0.3) is 11.5 Å². The Balaban J connectivity index is 1.87. The molecule has 0 saturated carbocycles. The molecule has 2 aromatic carbocycles. The highest BCUT2D eigenvalue weighted by Gasteiger charge is 2.31. The van der Waals surface area contributed by atoms with E-state index < -0.39 is 23.2 Å². The highest BCUT2D eigenvalue weighted by atomic mass is 19.4. The number of halogens is 3. The Labute approximate surface area is 169 Å². The lowest BCUT2D eigenvalue weighted by Gasteiger charge is -2.14. The fourth-order valence-electron chi connectivity index (χ4n) is 2.72. The fourth-order valence-corrected chi connectivity index (χ4v) is 2.72. The molecule has 0 radical (unpaired) electrons. The highest BCUT2D eigenvalue weighted by molar-refractivity contribution is 6.03. The van der Waals surface area contributed by atoms with Crippen molar-refractivity contribution in [3.63, 3.8) is 0 Å². The summed E-state index contributed by atoms with van der Waals surface area (Å²) in [5.74, 6) is -0.713. The van der Waals surface area contributed by atoms with Gasteiger partial charge < -0.3 is 10.1 Å². The van der Waals surface area contributed by atoms with Gasteiger partial charge in [-0.2, -0.15) is 18.3 Å². The first kappa shape index (κ1) is 21.1. The van der Waals surface area contributed by atoms with Crippen molar-refractivity contribution in [3.8, 4) is 5.75 Å². The molecule has 1 amide bonds. The van der Waals surface area contributed by atoms with E-state index in [4.69, 9.17) is 4.74 Å². The van der Waals surface area contributed by atoms with Crippen LogP contribution >= 0.6 is 0 Å². The minimum absolute atomic E-state index is 0.0596. The minimum atomic E-state index is -4.58. The Morgan fingerprint density at radius 3 is 2.43 bits per heavy atom. The maximum Gasteiger partial charge on any atom is 0.416 e. The molecule has 0 spiro atoms. The van der Waals surface area contributed by atoms with Gasteiger partial charge in [-0.3, -0.25) is 9.59 Å². The summed E-state index contributed by atoms with van der Waals surface area (Å²) in [6, 6.07) is 12.6. The van der Waals surface area contributed by atoms with Crippen LogP contribution < -0.4 is 15.6 Å². The number of rotatable bonds is 5. The summed E-state index contributed by atoms with van der Waals surface area (Å²) < 4.78 is 45.1. The molecule has 0 saturated heterocycles. The SMILES string of the molecule is COc1ccc(C(F)(F)F)cc1NC(=O)c1ccc(=O)n(Cc2ccc(C)cc2)n1. The number of alkyl halides is 3. The van der Waals surface area contributed by atoms with Crippen LogP contribution in [-0.2, 0) is 12.7 Å². The lowest BCUT2D eigenvalue weighted by molar-refractivity contribution is -0.137. The van der Waals surface area contributed by atoms with Gasteiger partial charge in [0.2, 0.25) is 0 Å².